The van der Waals surface area contributed by atoms with E-state index in [-0.39, 0.29) is 10.8 Å². The summed E-state index contributed by atoms with van der Waals surface area (Å²) in [5.74, 6) is -0.218. The van der Waals surface area contributed by atoms with Gasteiger partial charge in [0.25, 0.3) is 0 Å². The molecule has 3 aliphatic rings. The molecule has 1 unspecified atom stereocenters. The number of thioether (sulfide) groups is 1. The van der Waals surface area contributed by atoms with Crippen LogP contribution in [0.25, 0.3) is 0 Å². The number of aliphatic hydroxyl groups is 1. The van der Waals surface area contributed by atoms with E-state index < -0.39 is 18.0 Å². The quantitative estimate of drug-likeness (QED) is 0.399. The first kappa shape index (κ1) is 27.1. The number of carboxylic acid groups (broad SMARTS) is 2. The van der Waals surface area contributed by atoms with Crippen molar-refractivity contribution in [3.05, 3.63) is 0 Å². The van der Waals surface area contributed by atoms with Crippen molar-refractivity contribution in [2.75, 3.05) is 25.6 Å². The molecule has 0 spiro atoms. The lowest BCUT2D eigenvalue weighted by atomic mass is 10.0. The summed E-state index contributed by atoms with van der Waals surface area (Å²) in [5.41, 5.74) is 0. The third-order valence-corrected chi connectivity index (χ3v) is 6.00. The predicted octanol–water partition coefficient (Wildman–Crippen LogP) is 1.34. The molecule has 9 heteroatoms. The van der Waals surface area contributed by atoms with Crippen molar-refractivity contribution >= 4 is 23.7 Å². The van der Waals surface area contributed by atoms with Gasteiger partial charge < -0.3 is 26.0 Å². The maximum atomic E-state index is 10.5. The van der Waals surface area contributed by atoms with Gasteiger partial charge in [-0.3, -0.25) is 14.9 Å². The summed E-state index contributed by atoms with van der Waals surface area (Å²) >= 11 is 1.64. The topological polar surface area (TPSA) is 131 Å². The molecule has 6 N–H and O–H groups in total. The molecular weight excluding hydrogens is 382 g/mol. The number of hydrogen-bond donors (Lipinski definition) is 6. The highest BCUT2D eigenvalue weighted by Crippen LogP contribution is 2.32. The van der Waals surface area contributed by atoms with Crippen molar-refractivity contribution in [1.29, 1.82) is 0 Å². The zero-order chi connectivity index (χ0) is 21.7. The molecule has 3 fully saturated rings. The van der Waals surface area contributed by atoms with Gasteiger partial charge in [0.1, 0.15) is 12.1 Å². The van der Waals surface area contributed by atoms with Crippen LogP contribution in [0.15, 0.2) is 0 Å². The van der Waals surface area contributed by atoms with Crippen molar-refractivity contribution in [3.8, 4) is 0 Å². The smallest absolute Gasteiger partial charge is 0.322 e. The van der Waals surface area contributed by atoms with Gasteiger partial charge in [-0.15, -0.1) is 11.8 Å². The molecule has 0 amide bonds. The molecule has 0 aliphatic carbocycles. The fourth-order valence-corrected chi connectivity index (χ4v) is 4.01. The number of carboxylic acids is 2. The lowest BCUT2D eigenvalue weighted by Gasteiger charge is -2.20. The molecule has 4 atom stereocenters. The molecule has 28 heavy (non-hydrogen) atoms. The molecular formula is C19H39N3O5S. The highest BCUT2D eigenvalue weighted by atomic mass is 32.2. The van der Waals surface area contributed by atoms with Crippen LogP contribution in [0.3, 0.4) is 0 Å². The molecule has 0 aromatic rings. The zero-order valence-electron chi connectivity index (χ0n) is 17.8. The van der Waals surface area contributed by atoms with E-state index in [2.05, 4.69) is 22.9 Å². The third-order valence-electron chi connectivity index (χ3n) is 4.71. The summed E-state index contributed by atoms with van der Waals surface area (Å²) in [7, 11) is 0. The van der Waals surface area contributed by atoms with Gasteiger partial charge in [-0.05, 0) is 52.1 Å². The highest BCUT2D eigenvalue weighted by Gasteiger charge is 2.39. The number of aliphatic hydroxyl groups excluding tert-OH is 1. The van der Waals surface area contributed by atoms with Gasteiger partial charge in [-0.1, -0.05) is 20.8 Å². The molecule has 0 bridgehead atoms. The summed E-state index contributed by atoms with van der Waals surface area (Å²) < 4.78 is -0.161. The Morgan fingerprint density at radius 1 is 1.11 bits per heavy atom. The number of hydrogen-bond acceptors (Lipinski definition) is 7. The van der Waals surface area contributed by atoms with E-state index in [9.17, 15) is 9.59 Å². The first-order valence-electron chi connectivity index (χ1n) is 10.1. The monoisotopic (exact) mass is 421 g/mol. The standard InChI is InChI=1S/C6H11NO2S.C6H11NO2.C5H11NO.C2H6/c1-6(2)4(5(8)9)7-3-10-6;1-4-2-5(6(8)9)7-3-4;7-4-5-2-1-3-6-5;1-2/h4,7H,3H2,1-2H3,(H,8,9);4-5,7H,2-3H2,1H3,(H,8,9);5-7H,1-4H2;1-2H3/t4-;4?,5-;5-;/m100./s1. The average molecular weight is 422 g/mol. The fourth-order valence-electron chi connectivity index (χ4n) is 3.04. The van der Waals surface area contributed by atoms with Crippen LogP contribution in [0.2, 0.25) is 0 Å². The van der Waals surface area contributed by atoms with Crippen molar-refractivity contribution in [1.82, 2.24) is 16.0 Å². The Morgan fingerprint density at radius 2 is 1.75 bits per heavy atom. The van der Waals surface area contributed by atoms with Crippen LogP contribution in [0.4, 0.5) is 0 Å². The van der Waals surface area contributed by atoms with E-state index >= 15 is 0 Å². The lowest BCUT2D eigenvalue weighted by molar-refractivity contribution is -0.140. The molecule has 3 heterocycles. The molecule has 0 radical (unpaired) electrons. The Labute approximate surface area is 173 Å². The van der Waals surface area contributed by atoms with E-state index in [4.69, 9.17) is 15.3 Å². The number of carbonyl (C=O) groups is 2. The van der Waals surface area contributed by atoms with Crippen LogP contribution in [0, 0.1) is 5.92 Å². The van der Waals surface area contributed by atoms with Gasteiger partial charge >= 0.3 is 11.9 Å². The first-order chi connectivity index (χ1) is 13.2. The second kappa shape index (κ2) is 14.2. The average Bonchev–Trinajstić information content (AvgIpc) is 3.38. The van der Waals surface area contributed by atoms with Gasteiger partial charge in [0.05, 0.1) is 6.61 Å². The Balaban J connectivity index is 0.000000378. The maximum Gasteiger partial charge on any atom is 0.322 e. The molecule has 3 aliphatic heterocycles. The van der Waals surface area contributed by atoms with Crippen LogP contribution in [0.5, 0.6) is 0 Å². The van der Waals surface area contributed by atoms with Gasteiger partial charge in [0.2, 0.25) is 0 Å². The Bertz CT molecular complexity index is 459. The zero-order valence-corrected chi connectivity index (χ0v) is 18.6. The SMILES string of the molecule is CC.CC1(C)SCN[C@@H]1C(=O)O.CC1CN[C@H](C(=O)O)C1.OC[C@@H]1CCCN1. The summed E-state index contributed by atoms with van der Waals surface area (Å²) in [4.78, 5) is 20.8. The van der Waals surface area contributed by atoms with E-state index in [1.165, 1.54) is 6.42 Å². The van der Waals surface area contributed by atoms with Crippen LogP contribution in [-0.4, -0.2) is 75.7 Å². The molecule has 3 rings (SSSR count). The van der Waals surface area contributed by atoms with E-state index in [0.29, 0.717) is 18.6 Å². The summed E-state index contributed by atoms with van der Waals surface area (Å²) in [6.07, 6.45) is 3.15. The molecule has 8 nitrogen and oxygen atoms in total. The maximum absolute atomic E-state index is 10.5. The Hall–Kier alpha value is -0.870. The van der Waals surface area contributed by atoms with Crippen molar-refractivity contribution in [2.24, 2.45) is 5.92 Å². The lowest BCUT2D eigenvalue weighted by Crippen LogP contribution is -2.43. The summed E-state index contributed by atoms with van der Waals surface area (Å²) in [5, 5.41) is 34.6. The van der Waals surface area contributed by atoms with E-state index in [0.717, 1.165) is 31.8 Å². The highest BCUT2D eigenvalue weighted by molar-refractivity contribution is 8.00. The van der Waals surface area contributed by atoms with Crippen LogP contribution in [-0.2, 0) is 9.59 Å². The van der Waals surface area contributed by atoms with Crippen molar-refractivity contribution in [3.63, 3.8) is 0 Å². The van der Waals surface area contributed by atoms with Gasteiger partial charge in [0, 0.05) is 16.7 Å². The number of rotatable bonds is 3. The normalized spacial score (nSPS) is 30.1. The predicted molar refractivity (Wildman–Crippen MR) is 114 cm³/mol. The second-order valence-electron chi connectivity index (χ2n) is 7.48. The minimum atomic E-state index is -0.755. The van der Waals surface area contributed by atoms with Crippen molar-refractivity contribution in [2.45, 2.75) is 76.8 Å². The van der Waals surface area contributed by atoms with Crippen molar-refractivity contribution < 1.29 is 24.9 Å². The van der Waals surface area contributed by atoms with Gasteiger partial charge in [-0.25, -0.2) is 0 Å². The minimum absolute atomic E-state index is 0.161. The molecule has 166 valence electrons. The largest absolute Gasteiger partial charge is 0.480 e. The Morgan fingerprint density at radius 3 is 1.96 bits per heavy atom. The van der Waals surface area contributed by atoms with Crippen LogP contribution < -0.4 is 16.0 Å². The number of nitrogens with one attached hydrogen (secondary N) is 3. The second-order valence-corrected chi connectivity index (χ2v) is 9.11. The molecule has 3 saturated heterocycles. The van der Waals surface area contributed by atoms with Gasteiger partial charge in [-0.2, -0.15) is 0 Å². The van der Waals surface area contributed by atoms with Gasteiger partial charge in [0.15, 0.2) is 0 Å². The fraction of sp³-hybridized carbons (Fsp3) is 0.895. The summed E-state index contributed by atoms with van der Waals surface area (Å²) in [6.45, 7) is 12.2. The first-order valence-corrected chi connectivity index (χ1v) is 11.1. The van der Waals surface area contributed by atoms with E-state index in [1.807, 2.05) is 27.7 Å². The minimum Gasteiger partial charge on any atom is -0.480 e. The molecule has 0 aromatic carbocycles. The summed E-state index contributed by atoms with van der Waals surface area (Å²) in [6, 6.07) is -0.280. The molecule has 0 saturated carbocycles. The third kappa shape index (κ3) is 10.1. The van der Waals surface area contributed by atoms with E-state index in [1.54, 1.807) is 11.8 Å². The Kier molecular flexibility index (Phi) is 13.7. The van der Waals surface area contributed by atoms with Crippen LogP contribution >= 0.6 is 11.8 Å². The molecule has 0 aromatic heterocycles. The number of aliphatic carboxylic acids is 2. The van der Waals surface area contributed by atoms with Crippen LogP contribution in [0.1, 0.15) is 53.9 Å².